The Kier molecular flexibility index (Phi) is 6.84. The molecule has 0 unspecified atom stereocenters. The molecule has 1 heterocycles. The molecule has 0 saturated carbocycles. The van der Waals surface area contributed by atoms with Gasteiger partial charge in [0.1, 0.15) is 0 Å². The number of carbonyl (C=O) groups is 1. The van der Waals surface area contributed by atoms with Crippen molar-refractivity contribution in [1.29, 1.82) is 0 Å². The van der Waals surface area contributed by atoms with E-state index in [-0.39, 0.29) is 11.7 Å². The molecule has 3 aromatic carbocycles. The summed E-state index contributed by atoms with van der Waals surface area (Å²) in [5, 5.41) is 13.6. The molecule has 162 valence electrons. The minimum Gasteiger partial charge on any atom is -0.325 e. The number of halogens is 2. The second-order valence-electron chi connectivity index (χ2n) is 7.28. The molecule has 0 spiro atoms. The fourth-order valence-electron chi connectivity index (χ4n) is 3.16. The van der Waals surface area contributed by atoms with Crippen LogP contribution in [0.1, 0.15) is 11.1 Å². The van der Waals surface area contributed by atoms with Crippen LogP contribution in [0.4, 0.5) is 5.69 Å². The molecule has 1 aromatic heterocycles. The number of rotatable bonds is 6. The molecule has 0 fully saturated rings. The van der Waals surface area contributed by atoms with Crippen molar-refractivity contribution < 1.29 is 4.79 Å². The summed E-state index contributed by atoms with van der Waals surface area (Å²) in [7, 11) is 0. The Bertz CT molecular complexity index is 1250. The minimum atomic E-state index is -0.132. The van der Waals surface area contributed by atoms with Crippen LogP contribution in [0.3, 0.4) is 0 Å². The Morgan fingerprint density at radius 2 is 1.62 bits per heavy atom. The maximum atomic E-state index is 12.6. The number of hydrogen-bond acceptors (Lipinski definition) is 4. The molecular weight excluding hydrogens is 463 g/mol. The van der Waals surface area contributed by atoms with Gasteiger partial charge in [-0.2, -0.15) is 0 Å². The Labute approximate surface area is 200 Å². The van der Waals surface area contributed by atoms with Crippen molar-refractivity contribution in [1.82, 2.24) is 14.8 Å². The molecule has 4 rings (SSSR count). The Morgan fingerprint density at radius 1 is 0.938 bits per heavy atom. The first-order chi connectivity index (χ1) is 15.4. The lowest BCUT2D eigenvalue weighted by molar-refractivity contribution is -0.113. The number of anilines is 1. The molecule has 1 N–H and O–H groups in total. The topological polar surface area (TPSA) is 59.8 Å². The Hall–Kier alpha value is -2.80. The zero-order valence-corrected chi connectivity index (χ0v) is 19.8. The van der Waals surface area contributed by atoms with Crippen molar-refractivity contribution in [3.63, 3.8) is 0 Å². The third-order valence-electron chi connectivity index (χ3n) is 4.82. The summed E-state index contributed by atoms with van der Waals surface area (Å²) in [6, 6.07) is 20.9. The zero-order chi connectivity index (χ0) is 22.7. The van der Waals surface area contributed by atoms with E-state index >= 15 is 0 Å². The molecule has 8 heteroatoms. The monoisotopic (exact) mass is 482 g/mol. The quantitative estimate of drug-likeness (QED) is 0.315. The van der Waals surface area contributed by atoms with Crippen LogP contribution in [0.25, 0.3) is 17.1 Å². The predicted octanol–water partition coefficient (Wildman–Crippen LogP) is 6.59. The van der Waals surface area contributed by atoms with Gasteiger partial charge in [-0.3, -0.25) is 9.36 Å². The van der Waals surface area contributed by atoms with Crippen LogP contribution in [0.15, 0.2) is 71.9 Å². The fraction of sp³-hybridized carbons (Fsp3) is 0.125. The standard InChI is InChI=1S/C24H20Cl2N4OS/c1-15-3-10-20(11-4-15)30-23(17-5-7-18(25)8-6-17)28-29-24(30)32-14-22(31)27-21-12-9-19(26)13-16(21)2/h3-13H,14H2,1-2H3,(H,27,31). The average molecular weight is 483 g/mol. The molecule has 0 aliphatic carbocycles. The van der Waals surface area contributed by atoms with E-state index in [1.54, 1.807) is 12.1 Å². The van der Waals surface area contributed by atoms with E-state index in [1.165, 1.54) is 11.8 Å². The molecule has 4 aromatic rings. The van der Waals surface area contributed by atoms with Crippen LogP contribution in [0, 0.1) is 13.8 Å². The molecule has 0 bridgehead atoms. The molecule has 5 nitrogen and oxygen atoms in total. The van der Waals surface area contributed by atoms with Crippen molar-refractivity contribution in [3.05, 3.63) is 87.9 Å². The maximum absolute atomic E-state index is 12.6. The van der Waals surface area contributed by atoms with E-state index in [9.17, 15) is 4.79 Å². The SMILES string of the molecule is Cc1ccc(-n2c(SCC(=O)Nc3ccc(Cl)cc3C)nnc2-c2ccc(Cl)cc2)cc1. The third-order valence-corrected chi connectivity index (χ3v) is 6.24. The molecule has 1 amide bonds. The second-order valence-corrected chi connectivity index (χ2v) is 9.10. The molecule has 0 aliphatic heterocycles. The summed E-state index contributed by atoms with van der Waals surface area (Å²) in [4.78, 5) is 12.6. The number of nitrogens with one attached hydrogen (secondary N) is 1. The van der Waals surface area contributed by atoms with Crippen molar-refractivity contribution in [2.24, 2.45) is 0 Å². The van der Waals surface area contributed by atoms with Gasteiger partial charge in [0.15, 0.2) is 11.0 Å². The van der Waals surface area contributed by atoms with Gasteiger partial charge in [0, 0.05) is 27.0 Å². The van der Waals surface area contributed by atoms with Gasteiger partial charge < -0.3 is 5.32 Å². The van der Waals surface area contributed by atoms with E-state index in [0.29, 0.717) is 21.0 Å². The number of thioether (sulfide) groups is 1. The molecule has 0 saturated heterocycles. The minimum absolute atomic E-state index is 0.132. The molecule has 0 atom stereocenters. The lowest BCUT2D eigenvalue weighted by Crippen LogP contribution is -2.15. The molecule has 0 aliphatic rings. The van der Waals surface area contributed by atoms with Gasteiger partial charge >= 0.3 is 0 Å². The summed E-state index contributed by atoms with van der Waals surface area (Å²) >= 11 is 13.4. The highest BCUT2D eigenvalue weighted by Gasteiger charge is 2.17. The predicted molar refractivity (Wildman–Crippen MR) is 132 cm³/mol. The number of aromatic nitrogens is 3. The largest absolute Gasteiger partial charge is 0.325 e. The van der Waals surface area contributed by atoms with Gasteiger partial charge in [0.05, 0.1) is 5.75 Å². The fourth-order valence-corrected chi connectivity index (χ4v) is 4.26. The smallest absolute Gasteiger partial charge is 0.234 e. The Balaban J connectivity index is 1.60. The summed E-state index contributed by atoms with van der Waals surface area (Å²) in [5.74, 6) is 0.737. The Morgan fingerprint density at radius 3 is 2.31 bits per heavy atom. The number of hydrogen-bond donors (Lipinski definition) is 1. The van der Waals surface area contributed by atoms with Crippen LogP contribution in [0.5, 0.6) is 0 Å². The number of amides is 1. The van der Waals surface area contributed by atoms with Gasteiger partial charge in [0.25, 0.3) is 0 Å². The molecular formula is C24H20Cl2N4OS. The van der Waals surface area contributed by atoms with Crippen molar-refractivity contribution in [2.75, 3.05) is 11.1 Å². The summed E-state index contributed by atoms with van der Waals surface area (Å²) in [5.41, 5.74) is 4.60. The van der Waals surface area contributed by atoms with E-state index in [1.807, 2.05) is 73.0 Å². The number of aryl methyl sites for hydroxylation is 2. The zero-order valence-electron chi connectivity index (χ0n) is 17.5. The number of carbonyl (C=O) groups excluding carboxylic acids is 1. The number of benzene rings is 3. The molecule has 32 heavy (non-hydrogen) atoms. The highest BCUT2D eigenvalue weighted by atomic mass is 35.5. The highest BCUT2D eigenvalue weighted by Crippen LogP contribution is 2.29. The first-order valence-electron chi connectivity index (χ1n) is 9.88. The van der Waals surface area contributed by atoms with Crippen LogP contribution < -0.4 is 5.32 Å². The van der Waals surface area contributed by atoms with Gasteiger partial charge in [-0.1, -0.05) is 52.7 Å². The van der Waals surface area contributed by atoms with E-state index in [2.05, 4.69) is 15.5 Å². The van der Waals surface area contributed by atoms with Crippen LogP contribution >= 0.6 is 35.0 Å². The van der Waals surface area contributed by atoms with Crippen molar-refractivity contribution in [3.8, 4) is 17.1 Å². The summed E-state index contributed by atoms with van der Waals surface area (Å²) in [6.45, 7) is 3.94. The highest BCUT2D eigenvalue weighted by molar-refractivity contribution is 7.99. The van der Waals surface area contributed by atoms with Gasteiger partial charge in [-0.25, -0.2) is 0 Å². The van der Waals surface area contributed by atoms with Gasteiger partial charge in [0.2, 0.25) is 5.91 Å². The van der Waals surface area contributed by atoms with Gasteiger partial charge in [-0.15, -0.1) is 10.2 Å². The van der Waals surface area contributed by atoms with Crippen LogP contribution in [-0.2, 0) is 4.79 Å². The van der Waals surface area contributed by atoms with Crippen molar-refractivity contribution in [2.45, 2.75) is 19.0 Å². The lowest BCUT2D eigenvalue weighted by atomic mass is 10.2. The van der Waals surface area contributed by atoms with E-state index in [0.717, 1.165) is 28.1 Å². The average Bonchev–Trinajstić information content (AvgIpc) is 3.19. The number of nitrogens with zero attached hydrogens (tertiary/aromatic N) is 3. The summed E-state index contributed by atoms with van der Waals surface area (Å²) < 4.78 is 1.95. The van der Waals surface area contributed by atoms with Crippen LogP contribution in [0.2, 0.25) is 10.0 Å². The lowest BCUT2D eigenvalue weighted by Gasteiger charge is -2.11. The summed E-state index contributed by atoms with van der Waals surface area (Å²) in [6.07, 6.45) is 0. The van der Waals surface area contributed by atoms with Crippen molar-refractivity contribution >= 4 is 46.6 Å². The molecule has 0 radical (unpaired) electrons. The first kappa shape index (κ1) is 22.4. The third kappa shape index (κ3) is 5.15. The normalized spacial score (nSPS) is 10.9. The van der Waals surface area contributed by atoms with E-state index in [4.69, 9.17) is 23.2 Å². The van der Waals surface area contributed by atoms with Gasteiger partial charge in [-0.05, 0) is 74.0 Å². The van der Waals surface area contributed by atoms with E-state index < -0.39 is 0 Å². The van der Waals surface area contributed by atoms with Crippen LogP contribution in [-0.4, -0.2) is 26.4 Å². The first-order valence-corrected chi connectivity index (χ1v) is 11.6. The maximum Gasteiger partial charge on any atom is 0.234 e. The second kappa shape index (κ2) is 9.77.